The molecule has 0 heterocycles. The molecule has 0 saturated carbocycles. The number of methoxy groups -OCH3 is 2. The van der Waals surface area contributed by atoms with E-state index in [4.69, 9.17) is 4.74 Å². The lowest BCUT2D eigenvalue weighted by molar-refractivity contribution is -0.139. The molecule has 0 saturated heterocycles. The van der Waals surface area contributed by atoms with Crippen LogP contribution in [0.2, 0.25) is 0 Å². The first-order chi connectivity index (χ1) is 10.6. The Labute approximate surface area is 129 Å². The molecule has 1 rings (SSSR count). The Kier molecular flexibility index (Phi) is 7.67. The summed E-state index contributed by atoms with van der Waals surface area (Å²) in [7, 11) is 2.45. The number of rotatable bonds is 7. The lowest BCUT2D eigenvalue weighted by atomic mass is 10.1. The Balaban J connectivity index is 2.43. The molecule has 0 bridgehead atoms. The van der Waals surface area contributed by atoms with E-state index in [2.05, 4.69) is 9.47 Å². The summed E-state index contributed by atoms with van der Waals surface area (Å²) in [6.45, 7) is 0.152. The fraction of sp³-hybridized carbons (Fsp3) is 0.438. The Morgan fingerprint density at radius 1 is 1.18 bits per heavy atom. The standard InChI is InChI=1S/C16H20O6/c1-20-14(17)11-13(15(18)21-2)9-6-10-22-16(19)12-7-4-3-5-8-12/h4,7-8,11H,3,5-6,9-10H2,1-2H3/b13-11-. The van der Waals surface area contributed by atoms with Gasteiger partial charge >= 0.3 is 17.9 Å². The first-order valence-corrected chi connectivity index (χ1v) is 6.99. The van der Waals surface area contributed by atoms with Crippen molar-refractivity contribution in [2.24, 2.45) is 0 Å². The van der Waals surface area contributed by atoms with Crippen LogP contribution in [0.15, 0.2) is 35.5 Å². The molecular formula is C16H20O6. The summed E-state index contributed by atoms with van der Waals surface area (Å²) in [5, 5.41) is 0. The number of ether oxygens (including phenoxy) is 3. The lowest BCUT2D eigenvalue weighted by Gasteiger charge is -2.08. The summed E-state index contributed by atoms with van der Waals surface area (Å²) in [5.74, 6) is -1.61. The minimum Gasteiger partial charge on any atom is -0.466 e. The number of hydrogen-bond donors (Lipinski definition) is 0. The van der Waals surface area contributed by atoms with Gasteiger partial charge in [-0.15, -0.1) is 0 Å². The molecule has 0 atom stereocenters. The molecule has 1 aliphatic carbocycles. The minimum atomic E-state index is -0.630. The van der Waals surface area contributed by atoms with Crippen molar-refractivity contribution in [2.75, 3.05) is 20.8 Å². The van der Waals surface area contributed by atoms with Crippen LogP contribution >= 0.6 is 0 Å². The van der Waals surface area contributed by atoms with Crippen LogP contribution in [0, 0.1) is 0 Å². The number of carbonyl (C=O) groups excluding carboxylic acids is 3. The Hall–Kier alpha value is -2.37. The van der Waals surface area contributed by atoms with Crippen LogP contribution in [0.3, 0.4) is 0 Å². The third-order valence-corrected chi connectivity index (χ3v) is 3.00. The zero-order valence-corrected chi connectivity index (χ0v) is 12.8. The molecule has 0 aromatic heterocycles. The molecular weight excluding hydrogens is 288 g/mol. The molecule has 0 aromatic carbocycles. The topological polar surface area (TPSA) is 78.9 Å². The van der Waals surface area contributed by atoms with Gasteiger partial charge in [0.25, 0.3) is 0 Å². The fourth-order valence-corrected chi connectivity index (χ4v) is 1.84. The van der Waals surface area contributed by atoms with Gasteiger partial charge in [-0.25, -0.2) is 14.4 Å². The molecule has 0 amide bonds. The van der Waals surface area contributed by atoms with E-state index in [9.17, 15) is 14.4 Å². The van der Waals surface area contributed by atoms with Crippen molar-refractivity contribution in [3.63, 3.8) is 0 Å². The zero-order chi connectivity index (χ0) is 16.4. The average Bonchev–Trinajstić information content (AvgIpc) is 2.57. The largest absolute Gasteiger partial charge is 0.466 e. The maximum Gasteiger partial charge on any atom is 0.337 e. The highest BCUT2D eigenvalue weighted by atomic mass is 16.5. The first kappa shape index (κ1) is 17.7. The van der Waals surface area contributed by atoms with Crippen molar-refractivity contribution in [3.05, 3.63) is 35.5 Å². The average molecular weight is 308 g/mol. The van der Waals surface area contributed by atoms with Gasteiger partial charge in [-0.3, -0.25) is 0 Å². The molecule has 0 fully saturated rings. The quantitative estimate of drug-likeness (QED) is 0.309. The van der Waals surface area contributed by atoms with Crippen LogP contribution in [-0.2, 0) is 28.6 Å². The van der Waals surface area contributed by atoms with Gasteiger partial charge < -0.3 is 14.2 Å². The van der Waals surface area contributed by atoms with Gasteiger partial charge in [-0.05, 0) is 25.7 Å². The van der Waals surface area contributed by atoms with Crippen molar-refractivity contribution < 1.29 is 28.6 Å². The zero-order valence-electron chi connectivity index (χ0n) is 12.8. The van der Waals surface area contributed by atoms with Gasteiger partial charge in [0.1, 0.15) is 0 Å². The van der Waals surface area contributed by atoms with Crippen LogP contribution in [0.25, 0.3) is 0 Å². The molecule has 1 aliphatic rings. The number of hydrogen-bond acceptors (Lipinski definition) is 6. The predicted octanol–water partition coefficient (Wildman–Crippen LogP) is 1.86. The molecule has 0 aromatic rings. The summed E-state index contributed by atoms with van der Waals surface area (Å²) in [5.41, 5.74) is 0.728. The summed E-state index contributed by atoms with van der Waals surface area (Å²) < 4.78 is 14.2. The SMILES string of the molecule is COC(=O)/C=C(/CCCOC(=O)C1=CCCC=C1)C(=O)OC. The minimum absolute atomic E-state index is 0.152. The summed E-state index contributed by atoms with van der Waals surface area (Å²) in [6.07, 6.45) is 8.99. The lowest BCUT2D eigenvalue weighted by Crippen LogP contribution is -2.11. The van der Waals surface area contributed by atoms with Gasteiger partial charge in [0, 0.05) is 11.6 Å². The summed E-state index contributed by atoms with van der Waals surface area (Å²) >= 11 is 0. The summed E-state index contributed by atoms with van der Waals surface area (Å²) in [6, 6.07) is 0. The van der Waals surface area contributed by atoms with Crippen LogP contribution < -0.4 is 0 Å². The van der Waals surface area contributed by atoms with Gasteiger partial charge in [0.05, 0.1) is 26.4 Å². The van der Waals surface area contributed by atoms with Gasteiger partial charge in [-0.2, -0.15) is 0 Å². The molecule has 120 valence electrons. The van der Waals surface area contributed by atoms with E-state index in [1.165, 1.54) is 14.2 Å². The van der Waals surface area contributed by atoms with E-state index in [0.717, 1.165) is 18.9 Å². The van der Waals surface area contributed by atoms with E-state index in [1.54, 1.807) is 6.08 Å². The number of esters is 3. The van der Waals surface area contributed by atoms with E-state index in [0.29, 0.717) is 12.0 Å². The van der Waals surface area contributed by atoms with Crippen LogP contribution in [0.5, 0.6) is 0 Å². The highest BCUT2D eigenvalue weighted by molar-refractivity contribution is 5.96. The maximum atomic E-state index is 11.7. The molecule has 0 radical (unpaired) electrons. The van der Waals surface area contributed by atoms with Crippen molar-refractivity contribution in [1.82, 2.24) is 0 Å². The Morgan fingerprint density at radius 2 is 1.95 bits per heavy atom. The molecule has 0 N–H and O–H groups in total. The van der Waals surface area contributed by atoms with Gasteiger partial charge in [0.15, 0.2) is 0 Å². The molecule has 22 heavy (non-hydrogen) atoms. The van der Waals surface area contributed by atoms with Crippen molar-refractivity contribution in [2.45, 2.75) is 25.7 Å². The summed E-state index contributed by atoms with van der Waals surface area (Å²) in [4.78, 5) is 34.4. The molecule has 0 unspecified atom stereocenters. The fourth-order valence-electron chi connectivity index (χ4n) is 1.84. The third kappa shape index (κ3) is 5.95. The van der Waals surface area contributed by atoms with Gasteiger partial charge in [-0.1, -0.05) is 18.2 Å². The highest BCUT2D eigenvalue weighted by Crippen LogP contribution is 2.12. The molecule has 0 aliphatic heterocycles. The second kappa shape index (κ2) is 9.55. The third-order valence-electron chi connectivity index (χ3n) is 3.00. The second-order valence-electron chi connectivity index (χ2n) is 4.56. The smallest absolute Gasteiger partial charge is 0.337 e. The van der Waals surface area contributed by atoms with E-state index >= 15 is 0 Å². The maximum absolute atomic E-state index is 11.7. The Bertz CT molecular complexity index is 513. The van der Waals surface area contributed by atoms with E-state index in [1.807, 2.05) is 12.2 Å². The predicted molar refractivity (Wildman–Crippen MR) is 78.8 cm³/mol. The van der Waals surface area contributed by atoms with Gasteiger partial charge in [0.2, 0.25) is 0 Å². The molecule has 6 nitrogen and oxygen atoms in total. The number of allylic oxidation sites excluding steroid dienone is 2. The van der Waals surface area contributed by atoms with Crippen LogP contribution in [0.4, 0.5) is 0 Å². The first-order valence-electron chi connectivity index (χ1n) is 6.99. The normalized spacial score (nSPS) is 14.1. The van der Waals surface area contributed by atoms with Crippen molar-refractivity contribution in [3.8, 4) is 0 Å². The van der Waals surface area contributed by atoms with Crippen molar-refractivity contribution in [1.29, 1.82) is 0 Å². The monoisotopic (exact) mass is 308 g/mol. The second-order valence-corrected chi connectivity index (χ2v) is 4.56. The highest BCUT2D eigenvalue weighted by Gasteiger charge is 2.13. The van der Waals surface area contributed by atoms with Crippen LogP contribution in [0.1, 0.15) is 25.7 Å². The van der Waals surface area contributed by atoms with Crippen molar-refractivity contribution >= 4 is 17.9 Å². The van der Waals surface area contributed by atoms with E-state index in [-0.39, 0.29) is 24.6 Å². The number of carbonyl (C=O) groups is 3. The van der Waals surface area contributed by atoms with E-state index < -0.39 is 11.9 Å². The molecule has 6 heteroatoms. The van der Waals surface area contributed by atoms with Crippen LogP contribution in [-0.4, -0.2) is 38.7 Å². The molecule has 0 spiro atoms. The Morgan fingerprint density at radius 3 is 2.55 bits per heavy atom.